The highest BCUT2D eigenvalue weighted by Gasteiger charge is 2.12. The van der Waals surface area contributed by atoms with Gasteiger partial charge in [0.1, 0.15) is 0 Å². The number of hydrogen-bond donors (Lipinski definition) is 1. The number of rotatable bonds is 4. The molecule has 0 fully saturated rings. The lowest BCUT2D eigenvalue weighted by Gasteiger charge is -2.21. The van der Waals surface area contributed by atoms with Crippen molar-refractivity contribution in [1.29, 1.82) is 0 Å². The van der Waals surface area contributed by atoms with E-state index in [9.17, 15) is 4.79 Å². The van der Waals surface area contributed by atoms with Crippen LogP contribution in [0, 0.1) is 0 Å². The highest BCUT2D eigenvalue weighted by molar-refractivity contribution is 5.90. The summed E-state index contributed by atoms with van der Waals surface area (Å²) in [5.74, 6) is 0. The average Bonchev–Trinajstić information content (AvgIpc) is 2.46. The summed E-state index contributed by atoms with van der Waals surface area (Å²) in [7, 11) is 3.99. The number of para-hydroxylation sites is 1. The highest BCUT2D eigenvalue weighted by atomic mass is 16.2. The third-order valence-electron chi connectivity index (χ3n) is 3.13. The van der Waals surface area contributed by atoms with Gasteiger partial charge in [-0.3, -0.25) is 4.90 Å². The summed E-state index contributed by atoms with van der Waals surface area (Å²) in [6.45, 7) is 0.465. The van der Waals surface area contributed by atoms with Gasteiger partial charge in [0, 0.05) is 25.5 Å². The first-order valence-electron chi connectivity index (χ1n) is 6.46. The molecule has 0 unspecified atom stereocenters. The summed E-state index contributed by atoms with van der Waals surface area (Å²) in [6, 6.07) is 17.1. The zero-order chi connectivity index (χ0) is 14.5. The lowest BCUT2D eigenvalue weighted by Crippen LogP contribution is -2.35. The average molecular weight is 269 g/mol. The SMILES string of the molecule is CN(C)c1ccc(CN(C(N)=O)c2ccccc2)cc1. The molecule has 0 atom stereocenters. The summed E-state index contributed by atoms with van der Waals surface area (Å²) in [5.41, 5.74) is 8.44. The summed E-state index contributed by atoms with van der Waals surface area (Å²) < 4.78 is 0. The normalized spacial score (nSPS) is 10.1. The van der Waals surface area contributed by atoms with Crippen molar-refractivity contribution in [3.05, 3.63) is 60.2 Å². The van der Waals surface area contributed by atoms with Crippen LogP contribution in [0.4, 0.5) is 16.2 Å². The molecule has 2 amide bonds. The Bertz CT molecular complexity index is 564. The monoisotopic (exact) mass is 269 g/mol. The van der Waals surface area contributed by atoms with Crippen molar-refractivity contribution in [3.63, 3.8) is 0 Å². The first-order valence-corrected chi connectivity index (χ1v) is 6.46. The van der Waals surface area contributed by atoms with E-state index < -0.39 is 6.03 Å². The van der Waals surface area contributed by atoms with Gasteiger partial charge in [-0.15, -0.1) is 0 Å². The van der Waals surface area contributed by atoms with Crippen LogP contribution in [0.5, 0.6) is 0 Å². The van der Waals surface area contributed by atoms with E-state index in [2.05, 4.69) is 0 Å². The second-order valence-corrected chi connectivity index (χ2v) is 4.82. The number of benzene rings is 2. The largest absolute Gasteiger partial charge is 0.378 e. The fourth-order valence-electron chi connectivity index (χ4n) is 1.99. The first-order chi connectivity index (χ1) is 9.58. The number of nitrogens with zero attached hydrogens (tertiary/aromatic N) is 2. The van der Waals surface area contributed by atoms with E-state index in [1.165, 1.54) is 0 Å². The second-order valence-electron chi connectivity index (χ2n) is 4.82. The van der Waals surface area contributed by atoms with Crippen LogP contribution in [-0.2, 0) is 6.54 Å². The van der Waals surface area contributed by atoms with Gasteiger partial charge in [-0.2, -0.15) is 0 Å². The lowest BCUT2D eigenvalue weighted by atomic mass is 10.1. The van der Waals surface area contributed by atoms with E-state index in [-0.39, 0.29) is 0 Å². The van der Waals surface area contributed by atoms with E-state index >= 15 is 0 Å². The number of primary amides is 1. The Morgan fingerprint density at radius 1 is 0.950 bits per heavy atom. The number of amides is 2. The summed E-state index contributed by atoms with van der Waals surface area (Å²) in [5, 5.41) is 0. The Balaban J connectivity index is 2.19. The van der Waals surface area contributed by atoms with Crippen LogP contribution in [0.25, 0.3) is 0 Å². The molecule has 2 aromatic carbocycles. The minimum absolute atomic E-state index is 0.451. The van der Waals surface area contributed by atoms with Crippen molar-refractivity contribution >= 4 is 17.4 Å². The predicted molar refractivity (Wildman–Crippen MR) is 83.0 cm³/mol. The van der Waals surface area contributed by atoms with Crippen molar-refractivity contribution in [1.82, 2.24) is 0 Å². The molecular weight excluding hydrogens is 250 g/mol. The van der Waals surface area contributed by atoms with E-state index in [4.69, 9.17) is 5.73 Å². The maximum atomic E-state index is 11.6. The van der Waals surface area contributed by atoms with Crippen LogP contribution in [0.2, 0.25) is 0 Å². The zero-order valence-corrected chi connectivity index (χ0v) is 11.8. The third kappa shape index (κ3) is 3.29. The molecule has 2 aromatic rings. The molecule has 0 aliphatic rings. The highest BCUT2D eigenvalue weighted by Crippen LogP contribution is 2.18. The fraction of sp³-hybridized carbons (Fsp3) is 0.188. The molecule has 104 valence electrons. The van der Waals surface area contributed by atoms with Crippen molar-refractivity contribution in [2.45, 2.75) is 6.54 Å². The Morgan fingerprint density at radius 3 is 2.05 bits per heavy atom. The molecule has 2 N–H and O–H groups in total. The van der Waals surface area contributed by atoms with E-state index in [1.54, 1.807) is 4.90 Å². The van der Waals surface area contributed by atoms with Gasteiger partial charge in [-0.25, -0.2) is 4.79 Å². The Morgan fingerprint density at radius 2 is 1.55 bits per heavy atom. The fourth-order valence-corrected chi connectivity index (χ4v) is 1.99. The minimum atomic E-state index is -0.451. The molecule has 0 saturated heterocycles. The number of anilines is 2. The number of nitrogens with two attached hydrogens (primary N) is 1. The molecule has 0 heterocycles. The Labute approximate surface area is 119 Å². The minimum Gasteiger partial charge on any atom is -0.378 e. The molecule has 0 aromatic heterocycles. The van der Waals surface area contributed by atoms with Crippen LogP contribution in [0.3, 0.4) is 0 Å². The van der Waals surface area contributed by atoms with Gasteiger partial charge in [0.15, 0.2) is 0 Å². The summed E-state index contributed by atoms with van der Waals surface area (Å²) >= 11 is 0. The molecule has 0 aliphatic heterocycles. The molecule has 2 rings (SSSR count). The van der Waals surface area contributed by atoms with Crippen molar-refractivity contribution in [3.8, 4) is 0 Å². The van der Waals surface area contributed by atoms with Crippen molar-refractivity contribution in [2.24, 2.45) is 5.73 Å². The standard InChI is InChI=1S/C16H19N3O/c1-18(2)14-10-8-13(9-11-14)12-19(16(17)20)15-6-4-3-5-7-15/h3-11H,12H2,1-2H3,(H2,17,20). The van der Waals surface area contributed by atoms with Gasteiger partial charge in [-0.05, 0) is 29.8 Å². The quantitative estimate of drug-likeness (QED) is 0.927. The van der Waals surface area contributed by atoms with Gasteiger partial charge in [0.2, 0.25) is 0 Å². The van der Waals surface area contributed by atoms with Gasteiger partial charge in [0.05, 0.1) is 6.54 Å². The predicted octanol–water partition coefficient (Wildman–Crippen LogP) is 2.84. The number of urea groups is 1. The topological polar surface area (TPSA) is 49.6 Å². The molecule has 4 heteroatoms. The smallest absolute Gasteiger partial charge is 0.319 e. The van der Waals surface area contributed by atoms with E-state index in [0.717, 1.165) is 16.9 Å². The van der Waals surface area contributed by atoms with Crippen molar-refractivity contribution < 1.29 is 4.79 Å². The van der Waals surface area contributed by atoms with Crippen LogP contribution in [-0.4, -0.2) is 20.1 Å². The van der Waals surface area contributed by atoms with Gasteiger partial charge < -0.3 is 10.6 Å². The van der Waals surface area contributed by atoms with Gasteiger partial charge in [0.25, 0.3) is 0 Å². The zero-order valence-electron chi connectivity index (χ0n) is 11.8. The first kappa shape index (κ1) is 13.9. The molecule has 0 saturated carbocycles. The van der Waals surface area contributed by atoms with Crippen LogP contribution >= 0.6 is 0 Å². The number of hydrogen-bond acceptors (Lipinski definition) is 2. The lowest BCUT2D eigenvalue weighted by molar-refractivity contribution is 0.253. The summed E-state index contributed by atoms with van der Waals surface area (Å²) in [4.78, 5) is 15.2. The van der Waals surface area contributed by atoms with Gasteiger partial charge in [-0.1, -0.05) is 30.3 Å². The maximum Gasteiger partial charge on any atom is 0.319 e. The molecule has 0 radical (unpaired) electrons. The van der Waals surface area contributed by atoms with E-state index in [1.807, 2.05) is 73.6 Å². The Hall–Kier alpha value is -2.49. The molecular formula is C16H19N3O. The van der Waals surface area contributed by atoms with Crippen LogP contribution in [0.15, 0.2) is 54.6 Å². The molecule has 4 nitrogen and oxygen atoms in total. The van der Waals surface area contributed by atoms with Crippen LogP contribution < -0.4 is 15.5 Å². The molecule has 20 heavy (non-hydrogen) atoms. The number of carbonyl (C=O) groups is 1. The third-order valence-corrected chi connectivity index (χ3v) is 3.13. The Kier molecular flexibility index (Phi) is 4.25. The summed E-state index contributed by atoms with van der Waals surface area (Å²) in [6.07, 6.45) is 0. The van der Waals surface area contributed by atoms with E-state index in [0.29, 0.717) is 6.54 Å². The molecule has 0 aliphatic carbocycles. The number of carbonyl (C=O) groups excluding carboxylic acids is 1. The van der Waals surface area contributed by atoms with Crippen molar-refractivity contribution in [2.75, 3.05) is 23.9 Å². The van der Waals surface area contributed by atoms with Crippen LogP contribution in [0.1, 0.15) is 5.56 Å². The second kappa shape index (κ2) is 6.10. The maximum absolute atomic E-state index is 11.6. The molecule has 0 bridgehead atoms. The molecule has 0 spiro atoms. The van der Waals surface area contributed by atoms with Gasteiger partial charge >= 0.3 is 6.03 Å².